The minimum Gasteiger partial charge on any atom is -0.342 e. The molecule has 0 saturated heterocycles. The Kier molecular flexibility index (Phi) is 3.83. The van der Waals surface area contributed by atoms with Gasteiger partial charge in [0.25, 0.3) is 0 Å². The maximum atomic E-state index is 13.4. The molecule has 3 rings (SSSR count). The van der Waals surface area contributed by atoms with Gasteiger partial charge in [-0.15, -0.1) is 0 Å². The molecule has 0 bridgehead atoms. The number of hydrogen-bond donors (Lipinski definition) is 1. The first-order valence-electron chi connectivity index (χ1n) is 6.60. The van der Waals surface area contributed by atoms with Crippen LogP contribution in [-0.2, 0) is 12.8 Å². The summed E-state index contributed by atoms with van der Waals surface area (Å²) in [5.41, 5.74) is 2.88. The Hall–Kier alpha value is -1.68. The molecule has 1 heterocycles. The zero-order valence-corrected chi connectivity index (χ0v) is 12.5. The third-order valence-corrected chi connectivity index (χ3v) is 3.90. The second kappa shape index (κ2) is 5.75. The predicted molar refractivity (Wildman–Crippen MR) is 82.2 cm³/mol. The van der Waals surface area contributed by atoms with Gasteiger partial charge in [-0.25, -0.2) is 9.37 Å². The molecule has 0 amide bonds. The van der Waals surface area contributed by atoms with E-state index in [1.165, 1.54) is 11.6 Å². The van der Waals surface area contributed by atoms with Crippen molar-refractivity contribution in [3.63, 3.8) is 0 Å². The highest BCUT2D eigenvalue weighted by Crippen LogP contribution is 2.22. The second-order valence-corrected chi connectivity index (χ2v) is 5.66. The van der Waals surface area contributed by atoms with Gasteiger partial charge in [-0.3, -0.25) is 0 Å². The average molecular weight is 333 g/mol. The van der Waals surface area contributed by atoms with Gasteiger partial charge in [0.05, 0.1) is 15.5 Å². The van der Waals surface area contributed by atoms with Crippen molar-refractivity contribution in [2.45, 2.75) is 19.3 Å². The molecule has 1 N–H and O–H groups in total. The number of halogens is 2. The molecule has 2 nitrogen and oxygen atoms in total. The predicted octanol–water partition coefficient (Wildman–Crippen LogP) is 4.64. The van der Waals surface area contributed by atoms with Crippen LogP contribution in [0.3, 0.4) is 0 Å². The van der Waals surface area contributed by atoms with Crippen LogP contribution in [0, 0.1) is 5.82 Å². The zero-order valence-electron chi connectivity index (χ0n) is 10.9. The van der Waals surface area contributed by atoms with Crippen LogP contribution in [0.25, 0.3) is 11.0 Å². The Balaban J connectivity index is 1.69. The normalized spacial score (nSPS) is 11.1. The molecule has 20 heavy (non-hydrogen) atoms. The Morgan fingerprint density at radius 3 is 2.70 bits per heavy atom. The third-order valence-electron chi connectivity index (χ3n) is 3.29. The van der Waals surface area contributed by atoms with Gasteiger partial charge < -0.3 is 4.98 Å². The Morgan fingerprint density at radius 2 is 1.90 bits per heavy atom. The number of aryl methyl sites for hydroxylation is 2. The molecule has 0 atom stereocenters. The molecule has 0 aliphatic rings. The summed E-state index contributed by atoms with van der Waals surface area (Å²) in [5, 5.41) is 0. The molecular weight excluding hydrogens is 319 g/mol. The number of aromatic amines is 1. The van der Waals surface area contributed by atoms with Crippen LogP contribution >= 0.6 is 15.9 Å². The molecule has 0 radical (unpaired) electrons. The summed E-state index contributed by atoms with van der Waals surface area (Å²) in [6.07, 6.45) is 2.91. The standard InChI is InChI=1S/C16H14BrFN2/c17-12-9-14-15(10-13(12)18)20-16(19-14)8-4-7-11-5-2-1-3-6-11/h1-3,5-6,9-10H,4,7-8H2,(H,19,20). The molecule has 3 aromatic rings. The van der Waals surface area contributed by atoms with E-state index < -0.39 is 0 Å². The number of fused-ring (bicyclic) bond motifs is 1. The Bertz CT molecular complexity index is 683. The largest absolute Gasteiger partial charge is 0.342 e. The minimum absolute atomic E-state index is 0.267. The highest BCUT2D eigenvalue weighted by atomic mass is 79.9. The van der Waals surface area contributed by atoms with E-state index in [1.54, 1.807) is 6.07 Å². The molecule has 2 aromatic carbocycles. The lowest BCUT2D eigenvalue weighted by molar-refractivity contribution is 0.623. The molecule has 0 saturated carbocycles. The summed E-state index contributed by atoms with van der Waals surface area (Å²) in [4.78, 5) is 7.67. The summed E-state index contributed by atoms with van der Waals surface area (Å²) >= 11 is 3.18. The maximum absolute atomic E-state index is 13.4. The van der Waals surface area contributed by atoms with Crippen molar-refractivity contribution in [1.82, 2.24) is 9.97 Å². The van der Waals surface area contributed by atoms with Crippen LogP contribution < -0.4 is 0 Å². The molecule has 0 unspecified atom stereocenters. The number of aromatic nitrogens is 2. The zero-order chi connectivity index (χ0) is 13.9. The molecule has 4 heteroatoms. The first-order valence-corrected chi connectivity index (χ1v) is 7.39. The fraction of sp³-hybridized carbons (Fsp3) is 0.188. The van der Waals surface area contributed by atoms with Crippen LogP contribution in [0.1, 0.15) is 17.8 Å². The Morgan fingerprint density at radius 1 is 1.10 bits per heavy atom. The van der Waals surface area contributed by atoms with Gasteiger partial charge >= 0.3 is 0 Å². The summed E-state index contributed by atoms with van der Waals surface area (Å²) < 4.78 is 13.9. The number of rotatable bonds is 4. The van der Waals surface area contributed by atoms with Gasteiger partial charge in [0.15, 0.2) is 0 Å². The molecule has 0 aliphatic heterocycles. The first-order chi connectivity index (χ1) is 9.72. The summed E-state index contributed by atoms with van der Waals surface area (Å²) in [5.74, 6) is 0.644. The van der Waals surface area contributed by atoms with Crippen molar-refractivity contribution in [2.75, 3.05) is 0 Å². The quantitative estimate of drug-likeness (QED) is 0.740. The average Bonchev–Trinajstić information content (AvgIpc) is 2.82. The number of benzene rings is 2. The smallest absolute Gasteiger partial charge is 0.139 e. The van der Waals surface area contributed by atoms with Gasteiger partial charge in [-0.2, -0.15) is 0 Å². The van der Waals surface area contributed by atoms with Crippen molar-refractivity contribution in [2.24, 2.45) is 0 Å². The van der Waals surface area contributed by atoms with E-state index in [4.69, 9.17) is 0 Å². The van der Waals surface area contributed by atoms with E-state index in [2.05, 4.69) is 50.2 Å². The molecule has 0 aliphatic carbocycles. The summed E-state index contributed by atoms with van der Waals surface area (Å²) in [7, 11) is 0. The van der Waals surface area contributed by atoms with Crippen molar-refractivity contribution in [3.05, 3.63) is 64.1 Å². The van der Waals surface area contributed by atoms with E-state index >= 15 is 0 Å². The monoisotopic (exact) mass is 332 g/mol. The molecule has 0 fully saturated rings. The lowest BCUT2D eigenvalue weighted by Gasteiger charge is -1.99. The van der Waals surface area contributed by atoms with E-state index in [1.807, 2.05) is 6.07 Å². The highest BCUT2D eigenvalue weighted by molar-refractivity contribution is 9.10. The van der Waals surface area contributed by atoms with E-state index in [0.717, 1.165) is 36.1 Å². The number of nitrogens with zero attached hydrogens (tertiary/aromatic N) is 1. The minimum atomic E-state index is -0.267. The lowest BCUT2D eigenvalue weighted by atomic mass is 10.1. The van der Waals surface area contributed by atoms with Gasteiger partial charge in [0, 0.05) is 12.5 Å². The summed E-state index contributed by atoms with van der Waals surface area (Å²) in [6, 6.07) is 13.6. The van der Waals surface area contributed by atoms with Gasteiger partial charge in [-0.1, -0.05) is 30.3 Å². The van der Waals surface area contributed by atoms with Crippen molar-refractivity contribution in [3.8, 4) is 0 Å². The fourth-order valence-electron chi connectivity index (χ4n) is 2.28. The maximum Gasteiger partial charge on any atom is 0.139 e. The van der Waals surface area contributed by atoms with E-state index in [9.17, 15) is 4.39 Å². The summed E-state index contributed by atoms with van der Waals surface area (Å²) in [6.45, 7) is 0. The van der Waals surface area contributed by atoms with Gasteiger partial charge in [-0.05, 0) is 40.4 Å². The second-order valence-electron chi connectivity index (χ2n) is 4.81. The number of imidazole rings is 1. The number of H-pyrrole nitrogens is 1. The van der Waals surface area contributed by atoms with Crippen LogP contribution in [0.5, 0.6) is 0 Å². The fourth-order valence-corrected chi connectivity index (χ4v) is 2.61. The molecular formula is C16H14BrFN2. The topological polar surface area (TPSA) is 28.7 Å². The highest BCUT2D eigenvalue weighted by Gasteiger charge is 2.07. The van der Waals surface area contributed by atoms with E-state index in [-0.39, 0.29) is 5.82 Å². The number of hydrogen-bond acceptors (Lipinski definition) is 1. The van der Waals surface area contributed by atoms with Crippen molar-refractivity contribution >= 4 is 27.0 Å². The molecule has 1 aromatic heterocycles. The number of nitrogens with one attached hydrogen (secondary N) is 1. The molecule has 102 valence electrons. The van der Waals surface area contributed by atoms with Gasteiger partial charge in [0.1, 0.15) is 11.6 Å². The van der Waals surface area contributed by atoms with Crippen LogP contribution in [0.15, 0.2) is 46.9 Å². The lowest BCUT2D eigenvalue weighted by Crippen LogP contribution is -1.91. The van der Waals surface area contributed by atoms with Crippen LogP contribution in [0.4, 0.5) is 4.39 Å². The van der Waals surface area contributed by atoms with Crippen molar-refractivity contribution < 1.29 is 4.39 Å². The van der Waals surface area contributed by atoms with Crippen molar-refractivity contribution in [1.29, 1.82) is 0 Å². The van der Waals surface area contributed by atoms with Crippen LogP contribution in [0.2, 0.25) is 0 Å². The molecule has 0 spiro atoms. The van der Waals surface area contributed by atoms with Crippen LogP contribution in [-0.4, -0.2) is 9.97 Å². The first kappa shape index (κ1) is 13.3. The van der Waals surface area contributed by atoms with E-state index in [0.29, 0.717) is 4.47 Å². The SMILES string of the molecule is Fc1cc2[nH]c(CCCc3ccccc3)nc2cc1Br. The Labute approximate surface area is 125 Å². The van der Waals surface area contributed by atoms with Gasteiger partial charge in [0.2, 0.25) is 0 Å². The third kappa shape index (κ3) is 2.90.